The zero-order chi connectivity index (χ0) is 11.7. The fraction of sp³-hybridized carbons (Fsp3) is 0.600. The summed E-state index contributed by atoms with van der Waals surface area (Å²) in [6.45, 7) is 0.992. The maximum absolute atomic E-state index is 5.28. The highest BCUT2D eigenvalue weighted by Crippen LogP contribution is 2.39. The SMILES string of the molecule is COC1CC(NCc2ccc(C3CC3)cc2)C1. The Bertz CT molecular complexity index is 363. The van der Waals surface area contributed by atoms with Crippen molar-refractivity contribution in [2.24, 2.45) is 0 Å². The van der Waals surface area contributed by atoms with Crippen LogP contribution in [0.4, 0.5) is 0 Å². The molecule has 0 heterocycles. The molecule has 0 saturated heterocycles. The van der Waals surface area contributed by atoms with Gasteiger partial charge in [-0.15, -0.1) is 0 Å². The summed E-state index contributed by atoms with van der Waals surface area (Å²) in [4.78, 5) is 0. The van der Waals surface area contributed by atoms with Gasteiger partial charge in [0.05, 0.1) is 6.10 Å². The van der Waals surface area contributed by atoms with Gasteiger partial charge in [-0.05, 0) is 42.7 Å². The van der Waals surface area contributed by atoms with Crippen molar-refractivity contribution < 1.29 is 4.74 Å². The number of nitrogens with one attached hydrogen (secondary N) is 1. The monoisotopic (exact) mass is 231 g/mol. The summed E-state index contributed by atoms with van der Waals surface area (Å²) in [5, 5.41) is 3.58. The van der Waals surface area contributed by atoms with E-state index in [1.165, 1.54) is 24.0 Å². The van der Waals surface area contributed by atoms with Crippen LogP contribution < -0.4 is 5.32 Å². The Kier molecular flexibility index (Phi) is 3.17. The molecule has 0 radical (unpaired) electrons. The van der Waals surface area contributed by atoms with E-state index in [-0.39, 0.29) is 0 Å². The van der Waals surface area contributed by atoms with E-state index in [1.807, 2.05) is 0 Å². The van der Waals surface area contributed by atoms with Crippen molar-refractivity contribution in [1.82, 2.24) is 5.32 Å². The molecule has 3 rings (SSSR count). The Balaban J connectivity index is 1.45. The lowest BCUT2D eigenvalue weighted by Gasteiger charge is -2.34. The number of ether oxygens (including phenoxy) is 1. The maximum Gasteiger partial charge on any atom is 0.0601 e. The van der Waals surface area contributed by atoms with Gasteiger partial charge >= 0.3 is 0 Å². The predicted octanol–water partition coefficient (Wildman–Crippen LogP) is 2.83. The highest BCUT2D eigenvalue weighted by molar-refractivity contribution is 5.28. The molecule has 0 aliphatic heterocycles. The van der Waals surface area contributed by atoms with Crippen molar-refractivity contribution in [3.05, 3.63) is 35.4 Å². The van der Waals surface area contributed by atoms with Gasteiger partial charge in [0.1, 0.15) is 0 Å². The van der Waals surface area contributed by atoms with Gasteiger partial charge in [-0.3, -0.25) is 0 Å². The molecule has 92 valence electrons. The molecule has 2 heteroatoms. The molecule has 1 aromatic carbocycles. The minimum atomic E-state index is 0.491. The Hall–Kier alpha value is -0.860. The quantitative estimate of drug-likeness (QED) is 0.841. The first kappa shape index (κ1) is 11.2. The van der Waals surface area contributed by atoms with Gasteiger partial charge in [0.2, 0.25) is 0 Å². The topological polar surface area (TPSA) is 21.3 Å². The number of benzene rings is 1. The fourth-order valence-electron chi connectivity index (χ4n) is 2.51. The van der Waals surface area contributed by atoms with Crippen LogP contribution in [-0.2, 0) is 11.3 Å². The summed E-state index contributed by atoms with van der Waals surface area (Å²) < 4.78 is 5.28. The van der Waals surface area contributed by atoms with E-state index < -0.39 is 0 Å². The van der Waals surface area contributed by atoms with Gasteiger partial charge in [0.15, 0.2) is 0 Å². The third-order valence-corrected chi connectivity index (χ3v) is 4.05. The Labute approximate surface area is 103 Å². The van der Waals surface area contributed by atoms with Crippen LogP contribution in [0, 0.1) is 0 Å². The summed E-state index contributed by atoms with van der Waals surface area (Å²) in [5.74, 6) is 0.867. The zero-order valence-corrected chi connectivity index (χ0v) is 10.5. The third kappa shape index (κ3) is 2.70. The highest BCUT2D eigenvalue weighted by atomic mass is 16.5. The van der Waals surface area contributed by atoms with Crippen molar-refractivity contribution in [3.8, 4) is 0 Å². The van der Waals surface area contributed by atoms with E-state index in [1.54, 1.807) is 7.11 Å². The highest BCUT2D eigenvalue weighted by Gasteiger charge is 2.28. The van der Waals surface area contributed by atoms with Crippen molar-refractivity contribution in [2.75, 3.05) is 7.11 Å². The molecular weight excluding hydrogens is 210 g/mol. The minimum Gasteiger partial charge on any atom is -0.381 e. The second-order valence-corrected chi connectivity index (χ2v) is 5.42. The lowest BCUT2D eigenvalue weighted by molar-refractivity contribution is 0.0170. The zero-order valence-electron chi connectivity index (χ0n) is 10.5. The van der Waals surface area contributed by atoms with Gasteiger partial charge in [0, 0.05) is 19.7 Å². The summed E-state index contributed by atoms with van der Waals surface area (Å²) in [7, 11) is 1.80. The van der Waals surface area contributed by atoms with Gasteiger partial charge in [-0.2, -0.15) is 0 Å². The first-order valence-corrected chi connectivity index (χ1v) is 6.70. The molecule has 17 heavy (non-hydrogen) atoms. The molecule has 2 aliphatic rings. The van der Waals surface area contributed by atoms with Crippen molar-refractivity contribution in [1.29, 1.82) is 0 Å². The fourth-order valence-corrected chi connectivity index (χ4v) is 2.51. The standard InChI is InChI=1S/C15H21NO/c1-17-15-8-14(9-15)16-10-11-2-4-12(5-3-11)13-6-7-13/h2-5,13-16H,6-10H2,1H3. The molecule has 1 aromatic rings. The first-order valence-electron chi connectivity index (χ1n) is 6.70. The normalized spacial score (nSPS) is 27.8. The molecule has 2 saturated carbocycles. The predicted molar refractivity (Wildman–Crippen MR) is 69.1 cm³/mol. The van der Waals surface area contributed by atoms with Crippen molar-refractivity contribution in [2.45, 2.75) is 50.3 Å². The number of hydrogen-bond donors (Lipinski definition) is 1. The van der Waals surface area contributed by atoms with Crippen LogP contribution in [0.1, 0.15) is 42.7 Å². The Morgan fingerprint density at radius 2 is 1.88 bits per heavy atom. The maximum atomic E-state index is 5.28. The molecule has 2 nitrogen and oxygen atoms in total. The molecule has 0 bridgehead atoms. The molecule has 0 atom stereocenters. The van der Waals surface area contributed by atoms with E-state index in [0.29, 0.717) is 12.1 Å². The van der Waals surface area contributed by atoms with Crippen LogP contribution in [0.2, 0.25) is 0 Å². The number of methoxy groups -OCH3 is 1. The largest absolute Gasteiger partial charge is 0.381 e. The molecule has 0 amide bonds. The van der Waals surface area contributed by atoms with Gasteiger partial charge in [-0.25, -0.2) is 0 Å². The van der Waals surface area contributed by atoms with E-state index >= 15 is 0 Å². The van der Waals surface area contributed by atoms with Crippen LogP contribution in [0.5, 0.6) is 0 Å². The Morgan fingerprint density at radius 1 is 1.18 bits per heavy atom. The smallest absolute Gasteiger partial charge is 0.0601 e. The van der Waals surface area contributed by atoms with E-state index in [4.69, 9.17) is 4.74 Å². The lowest BCUT2D eigenvalue weighted by Crippen LogP contribution is -2.44. The molecule has 1 N–H and O–H groups in total. The number of hydrogen-bond acceptors (Lipinski definition) is 2. The first-order chi connectivity index (χ1) is 8.35. The van der Waals surface area contributed by atoms with Crippen LogP contribution in [0.15, 0.2) is 24.3 Å². The van der Waals surface area contributed by atoms with Gasteiger partial charge < -0.3 is 10.1 Å². The molecule has 0 spiro atoms. The van der Waals surface area contributed by atoms with Crippen molar-refractivity contribution in [3.63, 3.8) is 0 Å². The van der Waals surface area contributed by atoms with Gasteiger partial charge in [-0.1, -0.05) is 24.3 Å². The van der Waals surface area contributed by atoms with Crippen molar-refractivity contribution >= 4 is 0 Å². The summed E-state index contributed by atoms with van der Waals surface area (Å²) in [6.07, 6.45) is 5.59. The average molecular weight is 231 g/mol. The molecule has 2 aliphatic carbocycles. The van der Waals surface area contributed by atoms with E-state index in [2.05, 4.69) is 29.6 Å². The molecule has 2 fully saturated rings. The van der Waals surface area contributed by atoms with Gasteiger partial charge in [0.25, 0.3) is 0 Å². The minimum absolute atomic E-state index is 0.491. The average Bonchev–Trinajstić information content (AvgIpc) is 3.12. The van der Waals surface area contributed by atoms with Crippen LogP contribution in [0.3, 0.4) is 0 Å². The van der Waals surface area contributed by atoms with Crippen LogP contribution >= 0.6 is 0 Å². The summed E-state index contributed by atoms with van der Waals surface area (Å²) in [6, 6.07) is 9.80. The molecule has 0 aromatic heterocycles. The second kappa shape index (κ2) is 4.79. The van der Waals surface area contributed by atoms with E-state index in [9.17, 15) is 0 Å². The summed E-state index contributed by atoms with van der Waals surface area (Å²) >= 11 is 0. The van der Waals surface area contributed by atoms with E-state index in [0.717, 1.165) is 25.3 Å². The Morgan fingerprint density at radius 3 is 2.47 bits per heavy atom. The van der Waals surface area contributed by atoms with Crippen LogP contribution in [0.25, 0.3) is 0 Å². The molecular formula is C15H21NO. The second-order valence-electron chi connectivity index (χ2n) is 5.42. The van der Waals surface area contributed by atoms with Crippen LogP contribution in [-0.4, -0.2) is 19.3 Å². The summed E-state index contributed by atoms with van der Waals surface area (Å²) in [5.41, 5.74) is 2.92. The lowest BCUT2D eigenvalue weighted by atomic mass is 9.89. The third-order valence-electron chi connectivity index (χ3n) is 4.05. The number of rotatable bonds is 5. The molecule has 0 unspecified atom stereocenters.